The summed E-state index contributed by atoms with van der Waals surface area (Å²) in [5, 5.41) is 0. The van der Waals surface area contributed by atoms with Gasteiger partial charge in [-0.05, 0) is 73.2 Å². The minimum Gasteiger partial charge on any atom is -0.427 e. The second kappa shape index (κ2) is 15.6. The van der Waals surface area contributed by atoms with E-state index in [-0.39, 0.29) is 11.9 Å². The van der Waals surface area contributed by atoms with Crippen molar-refractivity contribution in [1.29, 1.82) is 0 Å². The van der Waals surface area contributed by atoms with E-state index in [9.17, 15) is 9.59 Å². The summed E-state index contributed by atoms with van der Waals surface area (Å²) in [5.74, 6) is 0.806. The first-order chi connectivity index (χ1) is 20.0. The highest BCUT2D eigenvalue weighted by atomic mass is 16.5. The minimum absolute atomic E-state index is 0.184. The van der Waals surface area contributed by atoms with Crippen LogP contribution in [0.1, 0.15) is 68.9 Å². The number of hydrogen-bond donors (Lipinski definition) is 0. The molecule has 0 heterocycles. The molecule has 0 saturated heterocycles. The van der Waals surface area contributed by atoms with E-state index in [0.29, 0.717) is 24.3 Å². The fourth-order valence-electron chi connectivity index (χ4n) is 4.71. The molecule has 0 saturated carbocycles. The van der Waals surface area contributed by atoms with Gasteiger partial charge in [0, 0.05) is 12.8 Å². The van der Waals surface area contributed by atoms with Gasteiger partial charge in [-0.1, -0.05) is 116 Å². The molecule has 0 bridgehead atoms. The molecule has 4 nitrogen and oxygen atoms in total. The molecule has 0 spiro atoms. The summed E-state index contributed by atoms with van der Waals surface area (Å²) in [6, 6.07) is 32.1. The number of esters is 2. The van der Waals surface area contributed by atoms with Crippen LogP contribution in [-0.2, 0) is 9.59 Å². The lowest BCUT2D eigenvalue weighted by Gasteiger charge is -2.07. The highest BCUT2D eigenvalue weighted by Crippen LogP contribution is 2.24. The van der Waals surface area contributed by atoms with Gasteiger partial charge in [0.15, 0.2) is 0 Å². The van der Waals surface area contributed by atoms with Crippen LogP contribution in [0.3, 0.4) is 0 Å². The van der Waals surface area contributed by atoms with Crippen LogP contribution in [0, 0.1) is 13.8 Å². The third kappa shape index (κ3) is 10.1. The van der Waals surface area contributed by atoms with Crippen molar-refractivity contribution in [2.24, 2.45) is 0 Å². The molecule has 0 fully saturated rings. The first-order valence-electron chi connectivity index (χ1n) is 14.7. The van der Waals surface area contributed by atoms with Crippen LogP contribution in [0.15, 0.2) is 97.1 Å². The molecule has 0 aromatic heterocycles. The number of hydrogen-bond acceptors (Lipinski definition) is 4. The molecule has 0 N–H and O–H groups in total. The quantitative estimate of drug-likeness (QED) is 0.0894. The summed E-state index contributed by atoms with van der Waals surface area (Å²) in [4.78, 5) is 24.4. The fraction of sp³-hybridized carbons (Fsp3) is 0.297. The van der Waals surface area contributed by atoms with Crippen LogP contribution in [-0.4, -0.2) is 11.9 Å². The van der Waals surface area contributed by atoms with Crippen molar-refractivity contribution in [3.05, 3.63) is 108 Å². The average molecular weight is 549 g/mol. The molecule has 4 heteroatoms. The maximum absolute atomic E-state index is 12.2. The van der Waals surface area contributed by atoms with Gasteiger partial charge in [0.25, 0.3) is 0 Å². The Balaban J connectivity index is 1.02. The second-order valence-electron chi connectivity index (χ2n) is 10.7. The van der Waals surface area contributed by atoms with Crippen molar-refractivity contribution in [1.82, 2.24) is 0 Å². The summed E-state index contributed by atoms with van der Waals surface area (Å²) in [6.07, 6.45) is 7.78. The average Bonchev–Trinajstić information content (AvgIpc) is 2.98. The normalized spacial score (nSPS) is 10.8. The summed E-state index contributed by atoms with van der Waals surface area (Å²) in [7, 11) is 0. The van der Waals surface area contributed by atoms with Crippen LogP contribution in [0.4, 0.5) is 0 Å². The molecule has 0 aliphatic rings. The monoisotopic (exact) mass is 548 g/mol. The number of benzene rings is 4. The van der Waals surface area contributed by atoms with Crippen LogP contribution in [0.25, 0.3) is 22.3 Å². The number of unbranched alkanes of at least 4 members (excludes halogenated alkanes) is 6. The van der Waals surface area contributed by atoms with Gasteiger partial charge in [0.2, 0.25) is 0 Å². The Labute approximate surface area is 244 Å². The molecule has 41 heavy (non-hydrogen) atoms. The van der Waals surface area contributed by atoms with E-state index in [1.807, 2.05) is 48.5 Å². The van der Waals surface area contributed by atoms with E-state index in [1.54, 1.807) is 0 Å². The van der Waals surface area contributed by atoms with Crippen LogP contribution < -0.4 is 9.47 Å². The zero-order valence-corrected chi connectivity index (χ0v) is 24.2. The predicted molar refractivity (Wildman–Crippen MR) is 166 cm³/mol. The molecule has 0 aliphatic carbocycles. The van der Waals surface area contributed by atoms with E-state index in [2.05, 4.69) is 62.4 Å². The third-order valence-electron chi connectivity index (χ3n) is 7.20. The first-order valence-corrected chi connectivity index (χ1v) is 14.7. The molecule has 4 aromatic rings. The Morgan fingerprint density at radius 1 is 0.415 bits per heavy atom. The number of aryl methyl sites for hydroxylation is 2. The molecule has 0 aliphatic heterocycles. The standard InChI is InChI=1S/C37H40O4/c1-28-12-16-30(17-13-28)32-20-24-34(25-21-32)40-36(38)10-8-6-4-3-5-7-9-11-37(39)41-35-26-22-33(23-27-35)31-18-14-29(2)15-19-31/h12-27H,3-11H2,1-2H3. The van der Waals surface area contributed by atoms with Crippen molar-refractivity contribution < 1.29 is 19.1 Å². The van der Waals surface area contributed by atoms with Crippen LogP contribution in [0.2, 0.25) is 0 Å². The van der Waals surface area contributed by atoms with Crippen molar-refractivity contribution in [3.63, 3.8) is 0 Å². The molecule has 0 atom stereocenters. The fourth-order valence-corrected chi connectivity index (χ4v) is 4.71. The SMILES string of the molecule is Cc1ccc(-c2ccc(OC(=O)CCCCCCCCCC(=O)Oc3ccc(-c4ccc(C)cc4)cc3)cc2)cc1. The number of carbonyl (C=O) groups excluding carboxylic acids is 2. The predicted octanol–water partition coefficient (Wildman–Crippen LogP) is 9.66. The van der Waals surface area contributed by atoms with E-state index < -0.39 is 0 Å². The van der Waals surface area contributed by atoms with Crippen LogP contribution in [0.5, 0.6) is 11.5 Å². The molecule has 0 unspecified atom stereocenters. The topological polar surface area (TPSA) is 52.6 Å². The molecule has 0 radical (unpaired) electrons. The van der Waals surface area contributed by atoms with Gasteiger partial charge < -0.3 is 9.47 Å². The van der Waals surface area contributed by atoms with Crippen LogP contribution >= 0.6 is 0 Å². The molecule has 4 rings (SSSR count). The summed E-state index contributed by atoms with van der Waals surface area (Å²) >= 11 is 0. The Hall–Kier alpha value is -4.18. The summed E-state index contributed by atoms with van der Waals surface area (Å²) in [6.45, 7) is 4.14. The molecule has 0 amide bonds. The van der Waals surface area contributed by atoms with Gasteiger partial charge in [-0.15, -0.1) is 0 Å². The minimum atomic E-state index is -0.184. The van der Waals surface area contributed by atoms with Gasteiger partial charge >= 0.3 is 11.9 Å². The summed E-state index contributed by atoms with van der Waals surface area (Å²) in [5.41, 5.74) is 6.96. The number of ether oxygens (including phenoxy) is 2. The van der Waals surface area contributed by atoms with Gasteiger partial charge in [-0.3, -0.25) is 9.59 Å². The molecular weight excluding hydrogens is 508 g/mol. The Kier molecular flexibility index (Phi) is 11.3. The molecule has 4 aromatic carbocycles. The molecule has 212 valence electrons. The maximum atomic E-state index is 12.2. The van der Waals surface area contributed by atoms with Gasteiger partial charge in [0.1, 0.15) is 11.5 Å². The van der Waals surface area contributed by atoms with Gasteiger partial charge in [-0.2, -0.15) is 0 Å². The van der Waals surface area contributed by atoms with Gasteiger partial charge in [-0.25, -0.2) is 0 Å². The Morgan fingerprint density at radius 3 is 1.00 bits per heavy atom. The van der Waals surface area contributed by atoms with Crippen molar-refractivity contribution >= 4 is 11.9 Å². The largest absolute Gasteiger partial charge is 0.427 e. The van der Waals surface area contributed by atoms with Crippen molar-refractivity contribution in [2.75, 3.05) is 0 Å². The lowest BCUT2D eigenvalue weighted by atomic mass is 10.0. The van der Waals surface area contributed by atoms with E-state index in [0.717, 1.165) is 67.2 Å². The van der Waals surface area contributed by atoms with Gasteiger partial charge in [0.05, 0.1) is 0 Å². The second-order valence-corrected chi connectivity index (χ2v) is 10.7. The number of rotatable bonds is 14. The first kappa shape index (κ1) is 29.8. The van der Waals surface area contributed by atoms with Crippen molar-refractivity contribution in [3.8, 4) is 33.8 Å². The highest BCUT2D eigenvalue weighted by molar-refractivity contribution is 5.73. The Morgan fingerprint density at radius 2 is 0.683 bits per heavy atom. The zero-order chi connectivity index (χ0) is 28.9. The lowest BCUT2D eigenvalue weighted by Crippen LogP contribution is -2.07. The Bertz CT molecular complexity index is 1260. The van der Waals surface area contributed by atoms with E-state index in [1.165, 1.54) is 11.1 Å². The highest BCUT2D eigenvalue weighted by Gasteiger charge is 2.07. The van der Waals surface area contributed by atoms with E-state index in [4.69, 9.17) is 9.47 Å². The lowest BCUT2D eigenvalue weighted by molar-refractivity contribution is -0.135. The number of carbonyl (C=O) groups is 2. The van der Waals surface area contributed by atoms with Crippen molar-refractivity contribution in [2.45, 2.75) is 71.6 Å². The summed E-state index contributed by atoms with van der Waals surface area (Å²) < 4.78 is 11.0. The zero-order valence-electron chi connectivity index (χ0n) is 24.2. The molecular formula is C37H40O4. The smallest absolute Gasteiger partial charge is 0.311 e. The maximum Gasteiger partial charge on any atom is 0.311 e. The third-order valence-corrected chi connectivity index (χ3v) is 7.20. The van der Waals surface area contributed by atoms with E-state index >= 15 is 0 Å².